The molecule has 1 rings (SSSR count). The molecule has 0 aliphatic heterocycles. The number of halogens is 1. The van der Waals surface area contributed by atoms with Crippen LogP contribution >= 0.6 is 15.9 Å². The summed E-state index contributed by atoms with van der Waals surface area (Å²) in [5.74, 6) is 0. The molecule has 0 bridgehead atoms. The molecule has 76 valence electrons. The number of benzene rings is 1. The van der Waals surface area contributed by atoms with Crippen LogP contribution in [-0.2, 0) is 4.74 Å². The predicted octanol–water partition coefficient (Wildman–Crippen LogP) is 1.58. The highest BCUT2D eigenvalue weighted by Gasteiger charge is 2.13. The second-order valence-electron chi connectivity index (χ2n) is 2.66. The number of hydrogen-bond acceptors (Lipinski definition) is 3. The number of hydrogen-bond donors (Lipinski definition) is 2. The molecule has 0 fully saturated rings. The van der Waals surface area contributed by atoms with Gasteiger partial charge in [0.15, 0.2) is 6.10 Å². The minimum Gasteiger partial charge on any atom is -0.439 e. The van der Waals surface area contributed by atoms with Crippen molar-refractivity contribution in [3.05, 3.63) is 34.3 Å². The molecule has 1 atom stereocenters. The van der Waals surface area contributed by atoms with E-state index in [4.69, 9.17) is 15.6 Å². The molecule has 1 unspecified atom stereocenters. The Labute approximate surface area is 89.8 Å². The number of ether oxygens (including phenoxy) is 1. The van der Waals surface area contributed by atoms with Gasteiger partial charge in [-0.25, -0.2) is 4.79 Å². The van der Waals surface area contributed by atoms with Crippen LogP contribution in [-0.4, -0.2) is 17.8 Å². The first-order valence-electron chi connectivity index (χ1n) is 3.96. The van der Waals surface area contributed by atoms with Gasteiger partial charge in [-0.2, -0.15) is 0 Å². The Hall–Kier alpha value is -1.07. The zero-order valence-electron chi connectivity index (χ0n) is 7.31. The summed E-state index contributed by atoms with van der Waals surface area (Å²) in [6, 6.07) is 7.12. The summed E-state index contributed by atoms with van der Waals surface area (Å²) in [7, 11) is 0. The van der Waals surface area contributed by atoms with Gasteiger partial charge in [0.2, 0.25) is 0 Å². The fraction of sp³-hybridized carbons (Fsp3) is 0.222. The maximum absolute atomic E-state index is 10.5. The lowest BCUT2D eigenvalue weighted by molar-refractivity contribution is 0.0632. The van der Waals surface area contributed by atoms with Crippen molar-refractivity contribution < 1.29 is 14.6 Å². The molecular formula is C9H10BrNO3. The van der Waals surface area contributed by atoms with Crippen LogP contribution in [0.5, 0.6) is 0 Å². The van der Waals surface area contributed by atoms with E-state index in [0.717, 1.165) is 4.47 Å². The highest BCUT2D eigenvalue weighted by Crippen LogP contribution is 2.20. The highest BCUT2D eigenvalue weighted by atomic mass is 79.9. The van der Waals surface area contributed by atoms with E-state index in [2.05, 4.69) is 15.9 Å². The van der Waals surface area contributed by atoms with Crippen molar-refractivity contribution in [3.63, 3.8) is 0 Å². The molecule has 1 amide bonds. The van der Waals surface area contributed by atoms with Crippen LogP contribution in [0.4, 0.5) is 4.79 Å². The number of carbonyl (C=O) groups excluding carboxylic acids is 1. The molecule has 14 heavy (non-hydrogen) atoms. The molecule has 0 heterocycles. The van der Waals surface area contributed by atoms with Crippen LogP contribution in [0.15, 0.2) is 28.7 Å². The van der Waals surface area contributed by atoms with Crippen molar-refractivity contribution in [1.82, 2.24) is 0 Å². The second kappa shape index (κ2) is 4.97. The molecular weight excluding hydrogens is 250 g/mol. The molecule has 0 aliphatic carbocycles. The van der Waals surface area contributed by atoms with Crippen LogP contribution in [0.3, 0.4) is 0 Å². The standard InChI is InChI=1S/C9H10BrNO3/c10-7-3-1-2-6(4-7)8(5-12)14-9(11)13/h1-4,8,12H,5H2,(H2,11,13). The van der Waals surface area contributed by atoms with E-state index in [0.29, 0.717) is 5.56 Å². The SMILES string of the molecule is NC(=O)OC(CO)c1cccc(Br)c1. The first kappa shape index (κ1) is 11.0. The van der Waals surface area contributed by atoms with Gasteiger partial charge in [0.25, 0.3) is 0 Å². The minimum absolute atomic E-state index is 0.292. The van der Waals surface area contributed by atoms with Crippen molar-refractivity contribution in [2.75, 3.05) is 6.61 Å². The number of nitrogens with two attached hydrogens (primary N) is 1. The van der Waals surface area contributed by atoms with Crippen LogP contribution in [0.1, 0.15) is 11.7 Å². The summed E-state index contributed by atoms with van der Waals surface area (Å²) in [6.07, 6.45) is -1.60. The van der Waals surface area contributed by atoms with Crippen LogP contribution in [0.2, 0.25) is 0 Å². The maximum Gasteiger partial charge on any atom is 0.405 e. The van der Waals surface area contributed by atoms with E-state index in [9.17, 15) is 4.79 Å². The zero-order chi connectivity index (χ0) is 10.6. The third-order valence-corrected chi connectivity index (χ3v) is 2.14. The number of primary amides is 1. The molecule has 1 aromatic rings. The Morgan fingerprint density at radius 1 is 1.64 bits per heavy atom. The van der Waals surface area contributed by atoms with Crippen LogP contribution in [0, 0.1) is 0 Å². The average molecular weight is 260 g/mol. The Bertz CT molecular complexity index is 330. The van der Waals surface area contributed by atoms with E-state index in [1.54, 1.807) is 18.2 Å². The van der Waals surface area contributed by atoms with Gasteiger partial charge in [0, 0.05) is 4.47 Å². The monoisotopic (exact) mass is 259 g/mol. The Balaban J connectivity index is 2.83. The number of aliphatic hydroxyl groups excluding tert-OH is 1. The molecule has 0 saturated heterocycles. The predicted molar refractivity (Wildman–Crippen MR) is 54.6 cm³/mol. The van der Waals surface area contributed by atoms with Gasteiger partial charge in [0.1, 0.15) is 0 Å². The van der Waals surface area contributed by atoms with Crippen molar-refractivity contribution in [2.45, 2.75) is 6.10 Å². The van der Waals surface area contributed by atoms with E-state index >= 15 is 0 Å². The molecule has 4 nitrogen and oxygen atoms in total. The first-order chi connectivity index (χ1) is 6.63. The quantitative estimate of drug-likeness (QED) is 0.866. The fourth-order valence-corrected chi connectivity index (χ4v) is 1.47. The zero-order valence-corrected chi connectivity index (χ0v) is 8.90. The summed E-state index contributed by atoms with van der Waals surface area (Å²) in [4.78, 5) is 10.5. The summed E-state index contributed by atoms with van der Waals surface area (Å²) in [6.45, 7) is -0.292. The minimum atomic E-state index is -0.899. The summed E-state index contributed by atoms with van der Waals surface area (Å²) in [5, 5.41) is 8.97. The first-order valence-corrected chi connectivity index (χ1v) is 4.75. The third kappa shape index (κ3) is 3.01. The number of amides is 1. The molecule has 0 aliphatic rings. The van der Waals surface area contributed by atoms with E-state index in [-0.39, 0.29) is 6.61 Å². The Morgan fingerprint density at radius 3 is 2.86 bits per heavy atom. The van der Waals surface area contributed by atoms with E-state index in [1.807, 2.05) is 6.07 Å². The average Bonchev–Trinajstić information content (AvgIpc) is 2.14. The normalized spacial score (nSPS) is 12.1. The molecule has 3 N–H and O–H groups in total. The van der Waals surface area contributed by atoms with E-state index in [1.165, 1.54) is 0 Å². The Morgan fingerprint density at radius 2 is 2.36 bits per heavy atom. The van der Waals surface area contributed by atoms with Gasteiger partial charge in [-0.15, -0.1) is 0 Å². The van der Waals surface area contributed by atoms with Gasteiger partial charge >= 0.3 is 6.09 Å². The van der Waals surface area contributed by atoms with Gasteiger partial charge in [-0.3, -0.25) is 0 Å². The van der Waals surface area contributed by atoms with Gasteiger partial charge in [-0.1, -0.05) is 28.1 Å². The molecule has 0 aromatic heterocycles. The van der Waals surface area contributed by atoms with Crippen molar-refractivity contribution in [3.8, 4) is 0 Å². The van der Waals surface area contributed by atoms with Crippen molar-refractivity contribution in [1.29, 1.82) is 0 Å². The van der Waals surface area contributed by atoms with Gasteiger partial charge in [-0.05, 0) is 17.7 Å². The molecule has 0 spiro atoms. The number of rotatable bonds is 3. The lowest BCUT2D eigenvalue weighted by Gasteiger charge is -2.14. The second-order valence-corrected chi connectivity index (χ2v) is 3.58. The largest absolute Gasteiger partial charge is 0.439 e. The summed E-state index contributed by atoms with van der Waals surface area (Å²) >= 11 is 3.27. The van der Waals surface area contributed by atoms with Crippen molar-refractivity contribution >= 4 is 22.0 Å². The Kier molecular flexibility index (Phi) is 3.91. The van der Waals surface area contributed by atoms with Gasteiger partial charge < -0.3 is 15.6 Å². The lowest BCUT2D eigenvalue weighted by Crippen LogP contribution is -2.19. The maximum atomic E-state index is 10.5. The number of aliphatic hydroxyl groups is 1. The molecule has 5 heteroatoms. The highest BCUT2D eigenvalue weighted by molar-refractivity contribution is 9.10. The van der Waals surface area contributed by atoms with Gasteiger partial charge in [0.05, 0.1) is 6.61 Å². The van der Waals surface area contributed by atoms with E-state index < -0.39 is 12.2 Å². The molecule has 0 radical (unpaired) electrons. The van der Waals surface area contributed by atoms with Crippen LogP contribution in [0.25, 0.3) is 0 Å². The molecule has 1 aromatic carbocycles. The summed E-state index contributed by atoms with van der Waals surface area (Å²) in [5.41, 5.74) is 5.56. The lowest BCUT2D eigenvalue weighted by atomic mass is 10.1. The van der Waals surface area contributed by atoms with Crippen LogP contribution < -0.4 is 5.73 Å². The molecule has 0 saturated carbocycles. The fourth-order valence-electron chi connectivity index (χ4n) is 1.06. The van der Waals surface area contributed by atoms with Crippen molar-refractivity contribution in [2.24, 2.45) is 5.73 Å². The third-order valence-electron chi connectivity index (χ3n) is 1.64. The topological polar surface area (TPSA) is 72.6 Å². The smallest absolute Gasteiger partial charge is 0.405 e. The summed E-state index contributed by atoms with van der Waals surface area (Å²) < 4.78 is 5.56. The number of carbonyl (C=O) groups is 1.